The summed E-state index contributed by atoms with van der Waals surface area (Å²) < 4.78 is 0. The van der Waals surface area contributed by atoms with Gasteiger partial charge in [0, 0.05) is 38.3 Å². The van der Waals surface area contributed by atoms with Crippen molar-refractivity contribution in [1.29, 1.82) is 0 Å². The van der Waals surface area contributed by atoms with E-state index in [2.05, 4.69) is 50.0 Å². The third-order valence-corrected chi connectivity index (χ3v) is 4.96. The molecule has 0 saturated carbocycles. The number of likely N-dealkylation sites (tertiary alicyclic amines) is 1. The number of hydrogen-bond acceptors (Lipinski definition) is 3. The minimum atomic E-state index is -0.295. The number of anilines is 1. The van der Waals surface area contributed by atoms with Gasteiger partial charge in [-0.3, -0.25) is 9.59 Å². The second kappa shape index (κ2) is 9.77. The highest BCUT2D eigenvalue weighted by molar-refractivity contribution is 5.88. The van der Waals surface area contributed by atoms with Crippen molar-refractivity contribution < 1.29 is 9.59 Å². The first-order chi connectivity index (χ1) is 12.8. The van der Waals surface area contributed by atoms with Crippen LogP contribution in [0.3, 0.4) is 0 Å². The van der Waals surface area contributed by atoms with E-state index < -0.39 is 0 Å². The Morgan fingerprint density at radius 2 is 1.93 bits per heavy atom. The van der Waals surface area contributed by atoms with Gasteiger partial charge in [0.25, 0.3) is 0 Å². The number of rotatable bonds is 8. The van der Waals surface area contributed by atoms with Gasteiger partial charge in [-0.25, -0.2) is 0 Å². The Morgan fingerprint density at radius 3 is 2.56 bits per heavy atom. The van der Waals surface area contributed by atoms with Crippen LogP contribution in [0.2, 0.25) is 0 Å². The summed E-state index contributed by atoms with van der Waals surface area (Å²) in [6.07, 6.45) is 3.05. The second-order valence-corrected chi connectivity index (χ2v) is 8.54. The molecule has 0 bridgehead atoms. The van der Waals surface area contributed by atoms with Gasteiger partial charge in [0.05, 0.1) is 0 Å². The Bertz CT molecular complexity index is 610. The molecular weight excluding hydrogens is 338 g/mol. The van der Waals surface area contributed by atoms with E-state index in [9.17, 15) is 9.59 Å². The molecule has 1 aromatic carbocycles. The zero-order chi connectivity index (χ0) is 19.9. The van der Waals surface area contributed by atoms with Crippen LogP contribution in [0.4, 0.5) is 5.69 Å². The van der Waals surface area contributed by atoms with Crippen molar-refractivity contribution in [2.24, 2.45) is 5.41 Å². The topological polar surface area (TPSA) is 52.7 Å². The number of carbonyl (C=O) groups is 2. The van der Waals surface area contributed by atoms with Crippen LogP contribution in [-0.2, 0) is 9.59 Å². The molecule has 2 rings (SSSR count). The van der Waals surface area contributed by atoms with E-state index in [-0.39, 0.29) is 23.3 Å². The molecule has 5 nitrogen and oxygen atoms in total. The first kappa shape index (κ1) is 21.3. The Labute approximate surface area is 164 Å². The molecule has 2 amide bonds. The van der Waals surface area contributed by atoms with Crippen LogP contribution in [0.5, 0.6) is 0 Å². The summed E-state index contributed by atoms with van der Waals surface area (Å²) in [4.78, 5) is 29.2. The van der Waals surface area contributed by atoms with Gasteiger partial charge in [0.2, 0.25) is 11.8 Å². The molecule has 27 heavy (non-hydrogen) atoms. The molecule has 1 aliphatic rings. The fraction of sp³-hybridized carbons (Fsp3) is 0.636. The predicted molar refractivity (Wildman–Crippen MR) is 111 cm³/mol. The molecular formula is C22H35N3O2. The van der Waals surface area contributed by atoms with Crippen molar-refractivity contribution >= 4 is 17.5 Å². The lowest BCUT2D eigenvalue weighted by Crippen LogP contribution is -2.47. The zero-order valence-electron chi connectivity index (χ0n) is 17.3. The molecule has 0 unspecified atom stereocenters. The number of nitrogens with zero attached hydrogens (tertiary/aromatic N) is 2. The van der Waals surface area contributed by atoms with Crippen LogP contribution in [0, 0.1) is 5.41 Å². The molecule has 1 aromatic rings. The molecule has 1 fully saturated rings. The lowest BCUT2D eigenvalue weighted by atomic mass is 9.91. The molecule has 5 heteroatoms. The van der Waals surface area contributed by atoms with E-state index in [0.717, 1.165) is 32.4 Å². The maximum atomic E-state index is 12.6. The Hall–Kier alpha value is -2.04. The second-order valence-electron chi connectivity index (χ2n) is 8.54. The fourth-order valence-corrected chi connectivity index (χ4v) is 3.60. The molecule has 0 radical (unpaired) electrons. The van der Waals surface area contributed by atoms with Crippen LogP contribution in [-0.4, -0.2) is 48.9 Å². The van der Waals surface area contributed by atoms with E-state index in [1.807, 2.05) is 18.2 Å². The van der Waals surface area contributed by atoms with Gasteiger partial charge in [-0.1, -0.05) is 39.0 Å². The van der Waals surface area contributed by atoms with Crippen molar-refractivity contribution in [1.82, 2.24) is 10.2 Å². The monoisotopic (exact) mass is 373 g/mol. The van der Waals surface area contributed by atoms with Crippen molar-refractivity contribution in [3.8, 4) is 0 Å². The predicted octanol–water partition coefficient (Wildman–Crippen LogP) is 3.45. The Kier molecular flexibility index (Phi) is 7.69. The molecule has 1 heterocycles. The molecule has 1 aliphatic heterocycles. The summed E-state index contributed by atoms with van der Waals surface area (Å²) >= 11 is 0. The van der Waals surface area contributed by atoms with Crippen molar-refractivity contribution in [2.45, 2.75) is 59.4 Å². The first-order valence-corrected chi connectivity index (χ1v) is 10.2. The standard InChI is InChI=1S/C22H35N3O2/c1-5-24(18-11-7-6-8-12-18)15-10-14-23-21(27)19-13-9-16-25(19)20(26)17-22(2,3)4/h6-8,11-12,19H,5,9-10,13-17H2,1-4H3,(H,23,27)/t19-/m1/s1. The highest BCUT2D eigenvalue weighted by Crippen LogP contribution is 2.24. The highest BCUT2D eigenvalue weighted by Gasteiger charge is 2.35. The van der Waals surface area contributed by atoms with Gasteiger partial charge in [-0.2, -0.15) is 0 Å². The maximum Gasteiger partial charge on any atom is 0.242 e. The number of para-hydroxylation sites is 1. The molecule has 0 aromatic heterocycles. The molecule has 0 aliphatic carbocycles. The van der Waals surface area contributed by atoms with Gasteiger partial charge >= 0.3 is 0 Å². The SMILES string of the molecule is CCN(CCCNC(=O)[C@H]1CCCN1C(=O)CC(C)(C)C)c1ccccc1. The van der Waals surface area contributed by atoms with Gasteiger partial charge < -0.3 is 15.1 Å². The average molecular weight is 374 g/mol. The quantitative estimate of drug-likeness (QED) is 0.710. The van der Waals surface area contributed by atoms with Crippen LogP contribution < -0.4 is 10.2 Å². The summed E-state index contributed by atoms with van der Waals surface area (Å²) in [7, 11) is 0. The van der Waals surface area contributed by atoms with Crippen LogP contribution in [0.15, 0.2) is 30.3 Å². The zero-order valence-corrected chi connectivity index (χ0v) is 17.3. The molecule has 1 saturated heterocycles. The molecule has 150 valence electrons. The lowest BCUT2D eigenvalue weighted by Gasteiger charge is -2.28. The largest absolute Gasteiger partial charge is 0.372 e. The Balaban J connectivity index is 1.78. The minimum absolute atomic E-state index is 0.00230. The van der Waals surface area contributed by atoms with Crippen LogP contribution >= 0.6 is 0 Å². The van der Waals surface area contributed by atoms with Crippen LogP contribution in [0.25, 0.3) is 0 Å². The number of hydrogen-bond donors (Lipinski definition) is 1. The van der Waals surface area contributed by atoms with E-state index in [0.29, 0.717) is 19.5 Å². The third-order valence-electron chi connectivity index (χ3n) is 4.96. The number of carbonyl (C=O) groups excluding carboxylic acids is 2. The summed E-state index contributed by atoms with van der Waals surface area (Å²) in [5.74, 6) is 0.0962. The first-order valence-electron chi connectivity index (χ1n) is 10.2. The molecule has 1 atom stereocenters. The smallest absolute Gasteiger partial charge is 0.242 e. The number of benzene rings is 1. The fourth-order valence-electron chi connectivity index (χ4n) is 3.60. The van der Waals surface area contributed by atoms with Crippen molar-refractivity contribution in [3.63, 3.8) is 0 Å². The molecule has 1 N–H and O–H groups in total. The van der Waals surface area contributed by atoms with E-state index in [1.54, 1.807) is 4.90 Å². The van der Waals surface area contributed by atoms with Gasteiger partial charge in [0.1, 0.15) is 6.04 Å². The summed E-state index contributed by atoms with van der Waals surface area (Å²) in [6, 6.07) is 10.0. The average Bonchev–Trinajstić information content (AvgIpc) is 3.11. The minimum Gasteiger partial charge on any atom is -0.372 e. The number of amides is 2. The third kappa shape index (κ3) is 6.56. The van der Waals surface area contributed by atoms with Crippen LogP contribution in [0.1, 0.15) is 53.4 Å². The normalized spacial score (nSPS) is 17.0. The molecule has 0 spiro atoms. The van der Waals surface area contributed by atoms with E-state index in [1.165, 1.54) is 5.69 Å². The lowest BCUT2D eigenvalue weighted by molar-refractivity contribution is -0.139. The highest BCUT2D eigenvalue weighted by atomic mass is 16.2. The van der Waals surface area contributed by atoms with Gasteiger partial charge in [0.15, 0.2) is 0 Å². The summed E-state index contributed by atoms with van der Waals surface area (Å²) in [5, 5.41) is 3.04. The van der Waals surface area contributed by atoms with E-state index >= 15 is 0 Å². The van der Waals surface area contributed by atoms with Gasteiger partial charge in [-0.15, -0.1) is 0 Å². The number of nitrogens with one attached hydrogen (secondary N) is 1. The Morgan fingerprint density at radius 1 is 1.22 bits per heavy atom. The van der Waals surface area contributed by atoms with Crippen molar-refractivity contribution in [3.05, 3.63) is 30.3 Å². The summed E-state index contributed by atoms with van der Waals surface area (Å²) in [5.41, 5.74) is 1.16. The van der Waals surface area contributed by atoms with E-state index in [4.69, 9.17) is 0 Å². The maximum absolute atomic E-state index is 12.6. The van der Waals surface area contributed by atoms with Crippen molar-refractivity contribution in [2.75, 3.05) is 31.1 Å². The summed E-state index contributed by atoms with van der Waals surface area (Å²) in [6.45, 7) is 11.5. The van der Waals surface area contributed by atoms with Gasteiger partial charge in [-0.05, 0) is 43.7 Å².